The lowest BCUT2D eigenvalue weighted by atomic mass is 10.2. The van der Waals surface area contributed by atoms with Gasteiger partial charge in [-0.1, -0.05) is 12.1 Å². The third-order valence-electron chi connectivity index (χ3n) is 3.74. The van der Waals surface area contributed by atoms with Crippen molar-refractivity contribution in [1.82, 2.24) is 19.1 Å². The van der Waals surface area contributed by atoms with Gasteiger partial charge in [0.05, 0.1) is 16.6 Å². The second-order valence-corrected chi connectivity index (χ2v) is 6.22. The normalized spacial score (nSPS) is 10.8. The summed E-state index contributed by atoms with van der Waals surface area (Å²) >= 11 is 1.11. The van der Waals surface area contributed by atoms with E-state index in [0.717, 1.165) is 16.2 Å². The number of fused-ring (bicyclic) bond motifs is 1. The quantitative estimate of drug-likeness (QED) is 0.402. The fourth-order valence-electron chi connectivity index (χ4n) is 2.54. The first-order chi connectivity index (χ1) is 13.0. The molecule has 0 spiro atoms. The van der Waals surface area contributed by atoms with E-state index in [1.165, 1.54) is 18.3 Å². The van der Waals surface area contributed by atoms with Crippen LogP contribution in [0.1, 0.15) is 0 Å². The lowest BCUT2D eigenvalue weighted by Crippen LogP contribution is -2.08. The van der Waals surface area contributed by atoms with Gasteiger partial charge in [-0.15, -0.1) is 0 Å². The van der Waals surface area contributed by atoms with Crippen LogP contribution in [0.4, 0.5) is 21.3 Å². The molecule has 0 aliphatic carbocycles. The average Bonchev–Trinajstić information content (AvgIpc) is 3.28. The van der Waals surface area contributed by atoms with Crippen molar-refractivity contribution in [3.8, 4) is 11.4 Å². The predicted octanol–water partition coefficient (Wildman–Crippen LogP) is 3.73. The highest BCUT2D eigenvalue weighted by molar-refractivity contribution is 7.09. The number of rotatable bonds is 4. The van der Waals surface area contributed by atoms with E-state index in [2.05, 4.69) is 19.8 Å². The molecule has 0 amide bonds. The van der Waals surface area contributed by atoms with Gasteiger partial charge in [-0.3, -0.25) is 10.1 Å². The lowest BCUT2D eigenvalue weighted by Gasteiger charge is -2.02. The number of non-ortho nitro benzene ring substituents is 1. The largest absolute Gasteiger partial charge is 0.463 e. The van der Waals surface area contributed by atoms with E-state index in [0.29, 0.717) is 33.1 Å². The number of aromatic nitrogens is 4. The molecule has 2 aromatic carbocycles. The molecule has 4 aromatic rings. The standard InChI is InChI=1S/C16H10N6O4S/c23-16(24)21-13-5-4-11(6-10(13)8-17-21)18-15-19-14(20-27-15)9-2-1-3-12(7-9)22(25)26/h1-8H,(H,23,24)(H,18,19,20). The summed E-state index contributed by atoms with van der Waals surface area (Å²) in [5, 5.41) is 28.0. The van der Waals surface area contributed by atoms with Crippen molar-refractivity contribution in [3.05, 3.63) is 58.8 Å². The van der Waals surface area contributed by atoms with Gasteiger partial charge in [0.2, 0.25) is 5.13 Å². The molecule has 11 heteroatoms. The Morgan fingerprint density at radius 2 is 2.11 bits per heavy atom. The van der Waals surface area contributed by atoms with Crippen molar-refractivity contribution >= 4 is 45.0 Å². The summed E-state index contributed by atoms with van der Waals surface area (Å²) in [5.41, 5.74) is 1.68. The number of carbonyl (C=O) groups is 1. The summed E-state index contributed by atoms with van der Waals surface area (Å²) in [6, 6.07) is 11.2. The first-order valence-electron chi connectivity index (χ1n) is 7.58. The Bertz CT molecular complexity index is 1180. The molecule has 2 aromatic heterocycles. The first-order valence-corrected chi connectivity index (χ1v) is 8.35. The molecule has 0 bridgehead atoms. The van der Waals surface area contributed by atoms with E-state index in [4.69, 9.17) is 5.11 Å². The second-order valence-electron chi connectivity index (χ2n) is 5.47. The predicted molar refractivity (Wildman–Crippen MR) is 98.4 cm³/mol. The Morgan fingerprint density at radius 1 is 1.26 bits per heavy atom. The molecule has 2 heterocycles. The minimum absolute atomic E-state index is 0.0299. The number of nitrogens with zero attached hydrogens (tertiary/aromatic N) is 5. The number of nitro groups is 1. The van der Waals surface area contributed by atoms with Crippen LogP contribution >= 0.6 is 11.5 Å². The maximum atomic E-state index is 11.1. The molecule has 0 atom stereocenters. The number of nitro benzene ring substituents is 1. The number of carboxylic acid groups (broad SMARTS) is 1. The summed E-state index contributed by atoms with van der Waals surface area (Å²) in [4.78, 5) is 25.9. The zero-order chi connectivity index (χ0) is 19.0. The Balaban J connectivity index is 1.59. The van der Waals surface area contributed by atoms with Crippen molar-refractivity contribution in [2.24, 2.45) is 0 Å². The molecule has 0 saturated carbocycles. The molecule has 0 fully saturated rings. The van der Waals surface area contributed by atoms with Gasteiger partial charge in [-0.2, -0.15) is 19.1 Å². The highest BCUT2D eigenvalue weighted by atomic mass is 32.1. The number of hydrogen-bond donors (Lipinski definition) is 2. The average molecular weight is 382 g/mol. The van der Waals surface area contributed by atoms with Gasteiger partial charge < -0.3 is 10.4 Å². The molecule has 134 valence electrons. The van der Waals surface area contributed by atoms with Crippen molar-refractivity contribution < 1.29 is 14.8 Å². The van der Waals surface area contributed by atoms with Crippen molar-refractivity contribution in [2.45, 2.75) is 0 Å². The molecule has 0 aliphatic heterocycles. The van der Waals surface area contributed by atoms with Crippen LogP contribution in [0.2, 0.25) is 0 Å². The highest BCUT2D eigenvalue weighted by Crippen LogP contribution is 2.27. The van der Waals surface area contributed by atoms with Crippen LogP contribution in [-0.4, -0.2) is 35.3 Å². The Morgan fingerprint density at radius 3 is 2.89 bits per heavy atom. The molecule has 0 aliphatic rings. The number of anilines is 2. The summed E-state index contributed by atoms with van der Waals surface area (Å²) in [6.45, 7) is 0. The zero-order valence-electron chi connectivity index (χ0n) is 13.4. The minimum atomic E-state index is -1.16. The maximum Gasteiger partial charge on any atom is 0.432 e. The van der Waals surface area contributed by atoms with E-state index in [-0.39, 0.29) is 5.69 Å². The summed E-state index contributed by atoms with van der Waals surface area (Å²) in [5.74, 6) is 0.381. The topological polar surface area (TPSA) is 136 Å². The van der Waals surface area contributed by atoms with Crippen LogP contribution in [-0.2, 0) is 0 Å². The third kappa shape index (κ3) is 3.18. The highest BCUT2D eigenvalue weighted by Gasteiger charge is 2.13. The summed E-state index contributed by atoms with van der Waals surface area (Å²) < 4.78 is 5.12. The fraction of sp³-hybridized carbons (Fsp3) is 0. The number of hydrogen-bond acceptors (Lipinski definition) is 8. The van der Waals surface area contributed by atoms with Gasteiger partial charge in [0.15, 0.2) is 5.82 Å². The maximum absolute atomic E-state index is 11.1. The molecule has 0 radical (unpaired) electrons. The van der Waals surface area contributed by atoms with Crippen LogP contribution in [0.25, 0.3) is 22.3 Å². The van der Waals surface area contributed by atoms with Crippen molar-refractivity contribution in [2.75, 3.05) is 5.32 Å². The monoisotopic (exact) mass is 382 g/mol. The number of benzene rings is 2. The SMILES string of the molecule is O=C(O)n1ncc2cc(Nc3nc(-c4cccc([N+](=O)[O-])c4)ns3)ccc21. The van der Waals surface area contributed by atoms with Crippen LogP contribution < -0.4 is 5.32 Å². The van der Waals surface area contributed by atoms with Crippen molar-refractivity contribution in [1.29, 1.82) is 0 Å². The molecule has 10 nitrogen and oxygen atoms in total. The number of nitrogens with one attached hydrogen (secondary N) is 1. The van der Waals surface area contributed by atoms with E-state index >= 15 is 0 Å². The fourth-order valence-corrected chi connectivity index (χ4v) is 3.15. The van der Waals surface area contributed by atoms with Gasteiger partial charge in [0.1, 0.15) is 0 Å². The van der Waals surface area contributed by atoms with Gasteiger partial charge in [-0.25, -0.2) is 4.79 Å². The Labute approximate surface area is 155 Å². The first kappa shape index (κ1) is 16.6. The van der Waals surface area contributed by atoms with Crippen molar-refractivity contribution in [3.63, 3.8) is 0 Å². The molecular weight excluding hydrogens is 372 g/mol. The van der Waals surface area contributed by atoms with Gasteiger partial charge >= 0.3 is 6.09 Å². The molecule has 4 rings (SSSR count). The van der Waals surface area contributed by atoms with Gasteiger partial charge in [0, 0.05) is 40.3 Å². The Hall–Kier alpha value is -3.86. The van der Waals surface area contributed by atoms with Crippen LogP contribution in [0.3, 0.4) is 0 Å². The lowest BCUT2D eigenvalue weighted by molar-refractivity contribution is -0.384. The zero-order valence-corrected chi connectivity index (χ0v) is 14.3. The second kappa shape index (κ2) is 6.46. The van der Waals surface area contributed by atoms with Crippen LogP contribution in [0.15, 0.2) is 48.7 Å². The third-order valence-corrected chi connectivity index (χ3v) is 4.37. The summed E-state index contributed by atoms with van der Waals surface area (Å²) in [7, 11) is 0. The van der Waals surface area contributed by atoms with E-state index < -0.39 is 11.0 Å². The summed E-state index contributed by atoms with van der Waals surface area (Å²) in [6.07, 6.45) is 0.305. The molecule has 2 N–H and O–H groups in total. The smallest absolute Gasteiger partial charge is 0.432 e. The van der Waals surface area contributed by atoms with Gasteiger partial charge in [-0.05, 0) is 18.2 Å². The van der Waals surface area contributed by atoms with E-state index in [9.17, 15) is 14.9 Å². The van der Waals surface area contributed by atoms with Gasteiger partial charge in [0.25, 0.3) is 5.69 Å². The van der Waals surface area contributed by atoms with E-state index in [1.807, 2.05) is 0 Å². The molecule has 27 heavy (non-hydrogen) atoms. The Kier molecular flexibility index (Phi) is 3.97. The molecular formula is C16H10N6O4S. The van der Waals surface area contributed by atoms with Crippen LogP contribution in [0.5, 0.6) is 0 Å². The van der Waals surface area contributed by atoms with E-state index in [1.54, 1.807) is 30.3 Å². The minimum Gasteiger partial charge on any atom is -0.463 e. The molecule has 0 unspecified atom stereocenters. The molecule has 0 saturated heterocycles. The van der Waals surface area contributed by atoms with Crippen LogP contribution in [0, 0.1) is 10.1 Å².